The molecule has 1 aliphatic rings. The first kappa shape index (κ1) is 12.6. The molecule has 6 heteroatoms. The molecule has 16 heavy (non-hydrogen) atoms. The van der Waals surface area contributed by atoms with E-state index >= 15 is 0 Å². The zero-order valence-corrected chi connectivity index (χ0v) is 9.79. The lowest BCUT2D eigenvalue weighted by Crippen LogP contribution is -2.55. The molecule has 1 rings (SSSR count). The van der Waals surface area contributed by atoms with Crippen LogP contribution in [0.5, 0.6) is 0 Å². The summed E-state index contributed by atoms with van der Waals surface area (Å²) in [4.78, 5) is 35.0. The first-order chi connectivity index (χ1) is 7.28. The molecule has 0 aromatic heterocycles. The Hall–Kier alpha value is -1.43. The van der Waals surface area contributed by atoms with Gasteiger partial charge in [-0.3, -0.25) is 19.7 Å². The maximum absolute atomic E-state index is 11.7. The first-order valence-electron chi connectivity index (χ1n) is 5.13. The van der Waals surface area contributed by atoms with Crippen molar-refractivity contribution in [1.29, 1.82) is 0 Å². The van der Waals surface area contributed by atoms with Crippen LogP contribution in [-0.4, -0.2) is 47.8 Å². The third kappa shape index (κ3) is 3.98. The summed E-state index contributed by atoms with van der Waals surface area (Å²) in [5, 5.41) is 5.16. The van der Waals surface area contributed by atoms with Crippen molar-refractivity contribution in [3.05, 3.63) is 0 Å². The van der Waals surface area contributed by atoms with Gasteiger partial charge in [-0.15, -0.1) is 0 Å². The topological polar surface area (TPSA) is 78.5 Å². The Morgan fingerprint density at radius 1 is 1.31 bits per heavy atom. The van der Waals surface area contributed by atoms with Gasteiger partial charge in [0.25, 0.3) is 0 Å². The number of hydrogen-bond donors (Lipinski definition) is 2. The van der Waals surface area contributed by atoms with Crippen LogP contribution in [0.25, 0.3) is 0 Å². The maximum atomic E-state index is 11.7. The molecule has 0 unspecified atom stereocenters. The third-order valence-corrected chi connectivity index (χ3v) is 2.07. The second kappa shape index (κ2) is 4.61. The SMILES string of the molecule is CC(C)(C)NCC(=O)N1CC(=O)NC(=O)C1. The Labute approximate surface area is 94.4 Å². The summed E-state index contributed by atoms with van der Waals surface area (Å²) in [5.41, 5.74) is -0.169. The molecule has 90 valence electrons. The van der Waals surface area contributed by atoms with Crippen LogP contribution in [-0.2, 0) is 14.4 Å². The van der Waals surface area contributed by atoms with Crippen molar-refractivity contribution in [2.24, 2.45) is 0 Å². The van der Waals surface area contributed by atoms with Gasteiger partial charge < -0.3 is 10.2 Å². The highest BCUT2D eigenvalue weighted by molar-refractivity contribution is 6.02. The van der Waals surface area contributed by atoms with Crippen LogP contribution in [0.3, 0.4) is 0 Å². The second-order valence-electron chi connectivity index (χ2n) is 4.82. The molecule has 2 N–H and O–H groups in total. The summed E-state index contributed by atoms with van der Waals surface area (Å²) in [6, 6.07) is 0. The lowest BCUT2D eigenvalue weighted by Gasteiger charge is -2.27. The molecule has 3 amide bonds. The van der Waals surface area contributed by atoms with Gasteiger partial charge in [-0.1, -0.05) is 0 Å². The predicted molar refractivity (Wildman–Crippen MR) is 57.5 cm³/mol. The van der Waals surface area contributed by atoms with Crippen molar-refractivity contribution < 1.29 is 14.4 Å². The highest BCUT2D eigenvalue weighted by Crippen LogP contribution is 2.00. The standard InChI is InChI=1S/C10H17N3O3/c1-10(2,3)11-4-9(16)13-5-7(14)12-8(15)6-13/h11H,4-6H2,1-3H3,(H,12,14,15). The van der Waals surface area contributed by atoms with Gasteiger partial charge in [0.05, 0.1) is 6.54 Å². The van der Waals surface area contributed by atoms with Crippen LogP contribution >= 0.6 is 0 Å². The Bertz CT molecular complexity index is 304. The van der Waals surface area contributed by atoms with E-state index in [1.807, 2.05) is 20.8 Å². The maximum Gasteiger partial charge on any atom is 0.246 e. The fourth-order valence-corrected chi connectivity index (χ4v) is 1.27. The minimum Gasteiger partial charge on any atom is -0.323 e. The van der Waals surface area contributed by atoms with Gasteiger partial charge in [-0.2, -0.15) is 0 Å². The average Bonchev–Trinajstić information content (AvgIpc) is 2.11. The highest BCUT2D eigenvalue weighted by atomic mass is 16.2. The number of nitrogens with one attached hydrogen (secondary N) is 2. The monoisotopic (exact) mass is 227 g/mol. The molecule has 0 aromatic rings. The molecule has 0 spiro atoms. The summed E-state index contributed by atoms with van der Waals surface area (Å²) in [6.07, 6.45) is 0. The Morgan fingerprint density at radius 3 is 2.25 bits per heavy atom. The molecule has 1 fully saturated rings. The summed E-state index contributed by atoms with van der Waals surface area (Å²) < 4.78 is 0. The summed E-state index contributed by atoms with van der Waals surface area (Å²) in [7, 11) is 0. The number of rotatable bonds is 2. The van der Waals surface area contributed by atoms with E-state index in [-0.39, 0.29) is 31.1 Å². The molecular weight excluding hydrogens is 210 g/mol. The highest BCUT2D eigenvalue weighted by Gasteiger charge is 2.26. The Balaban J connectivity index is 2.48. The molecule has 0 aliphatic carbocycles. The second-order valence-corrected chi connectivity index (χ2v) is 4.82. The van der Waals surface area contributed by atoms with Gasteiger partial charge in [-0.05, 0) is 20.8 Å². The van der Waals surface area contributed by atoms with Crippen LogP contribution in [0.1, 0.15) is 20.8 Å². The van der Waals surface area contributed by atoms with Crippen LogP contribution in [0.15, 0.2) is 0 Å². The van der Waals surface area contributed by atoms with Crippen molar-refractivity contribution in [3.8, 4) is 0 Å². The number of carbonyl (C=O) groups excluding carboxylic acids is 3. The molecule has 1 heterocycles. The van der Waals surface area contributed by atoms with Gasteiger partial charge in [-0.25, -0.2) is 0 Å². The van der Waals surface area contributed by atoms with Crippen molar-refractivity contribution in [3.63, 3.8) is 0 Å². The van der Waals surface area contributed by atoms with E-state index < -0.39 is 11.8 Å². The van der Waals surface area contributed by atoms with E-state index in [9.17, 15) is 14.4 Å². The number of nitrogens with zero attached hydrogens (tertiary/aromatic N) is 1. The van der Waals surface area contributed by atoms with Crippen LogP contribution in [0, 0.1) is 0 Å². The summed E-state index contributed by atoms with van der Waals surface area (Å²) in [6.45, 7) is 5.86. The largest absolute Gasteiger partial charge is 0.323 e. The Kier molecular flexibility index (Phi) is 3.64. The van der Waals surface area contributed by atoms with Crippen LogP contribution < -0.4 is 10.6 Å². The van der Waals surface area contributed by atoms with E-state index in [1.165, 1.54) is 4.90 Å². The van der Waals surface area contributed by atoms with E-state index in [1.54, 1.807) is 0 Å². The van der Waals surface area contributed by atoms with Crippen molar-refractivity contribution in [2.45, 2.75) is 26.3 Å². The zero-order valence-electron chi connectivity index (χ0n) is 9.79. The number of amides is 3. The van der Waals surface area contributed by atoms with E-state index in [2.05, 4.69) is 10.6 Å². The lowest BCUT2D eigenvalue weighted by atomic mass is 10.1. The van der Waals surface area contributed by atoms with Crippen LogP contribution in [0.4, 0.5) is 0 Å². The van der Waals surface area contributed by atoms with E-state index in [4.69, 9.17) is 0 Å². The Morgan fingerprint density at radius 2 is 1.81 bits per heavy atom. The smallest absolute Gasteiger partial charge is 0.246 e. The molecule has 0 atom stereocenters. The molecule has 0 aromatic carbocycles. The lowest BCUT2D eigenvalue weighted by molar-refractivity contribution is -0.145. The molecule has 1 aliphatic heterocycles. The molecule has 0 saturated carbocycles. The molecule has 0 bridgehead atoms. The molecule has 1 saturated heterocycles. The molecule has 6 nitrogen and oxygen atoms in total. The van der Waals surface area contributed by atoms with Gasteiger partial charge >= 0.3 is 0 Å². The van der Waals surface area contributed by atoms with Crippen molar-refractivity contribution >= 4 is 17.7 Å². The third-order valence-electron chi connectivity index (χ3n) is 2.07. The normalized spacial score (nSPS) is 17.3. The fraction of sp³-hybridized carbons (Fsp3) is 0.700. The minimum absolute atomic E-state index is 0.0452. The summed E-state index contributed by atoms with van der Waals surface area (Å²) in [5.74, 6) is -1.10. The van der Waals surface area contributed by atoms with Crippen LogP contribution in [0.2, 0.25) is 0 Å². The minimum atomic E-state index is -0.430. The average molecular weight is 227 g/mol. The number of carbonyl (C=O) groups is 3. The van der Waals surface area contributed by atoms with Gasteiger partial charge in [0.15, 0.2) is 0 Å². The molecular formula is C10H17N3O3. The quantitative estimate of drug-likeness (QED) is 0.584. The number of imide groups is 1. The van der Waals surface area contributed by atoms with Crippen molar-refractivity contribution in [1.82, 2.24) is 15.5 Å². The molecule has 0 radical (unpaired) electrons. The van der Waals surface area contributed by atoms with Gasteiger partial charge in [0, 0.05) is 5.54 Å². The first-order valence-corrected chi connectivity index (χ1v) is 5.13. The summed E-state index contributed by atoms with van der Waals surface area (Å²) >= 11 is 0. The van der Waals surface area contributed by atoms with E-state index in [0.717, 1.165) is 0 Å². The van der Waals surface area contributed by atoms with Gasteiger partial charge in [0.2, 0.25) is 17.7 Å². The predicted octanol–water partition coefficient (Wildman–Crippen LogP) is -1.14. The van der Waals surface area contributed by atoms with Crippen molar-refractivity contribution in [2.75, 3.05) is 19.6 Å². The van der Waals surface area contributed by atoms with Gasteiger partial charge in [0.1, 0.15) is 13.1 Å². The fourth-order valence-electron chi connectivity index (χ4n) is 1.27. The zero-order chi connectivity index (χ0) is 12.3. The van der Waals surface area contributed by atoms with E-state index in [0.29, 0.717) is 0 Å². The number of piperazine rings is 1. The number of hydrogen-bond acceptors (Lipinski definition) is 4.